The van der Waals surface area contributed by atoms with Gasteiger partial charge in [0.25, 0.3) is 0 Å². The van der Waals surface area contributed by atoms with Gasteiger partial charge in [0, 0.05) is 44.5 Å². The summed E-state index contributed by atoms with van der Waals surface area (Å²) in [7, 11) is 1.98. The minimum absolute atomic E-state index is 0.180. The van der Waals surface area contributed by atoms with Gasteiger partial charge in [-0.1, -0.05) is 20.8 Å². The molecule has 1 aromatic heterocycles. The predicted octanol–water partition coefficient (Wildman–Crippen LogP) is 2.02. The van der Waals surface area contributed by atoms with Crippen LogP contribution in [0.25, 0.3) is 0 Å². The third-order valence-electron chi connectivity index (χ3n) is 4.21. The summed E-state index contributed by atoms with van der Waals surface area (Å²) in [6.45, 7) is 14.6. The monoisotopic (exact) mass is 264 g/mol. The van der Waals surface area contributed by atoms with Gasteiger partial charge in [0.05, 0.1) is 5.69 Å². The molecule has 0 aliphatic carbocycles. The molecule has 0 spiro atoms. The Bertz CT molecular complexity index is 428. The molecule has 1 atom stereocenters. The lowest BCUT2D eigenvalue weighted by Crippen LogP contribution is -2.64. The van der Waals surface area contributed by atoms with Gasteiger partial charge in [-0.25, -0.2) is 0 Å². The lowest BCUT2D eigenvalue weighted by Gasteiger charge is -2.49. The van der Waals surface area contributed by atoms with Crippen LogP contribution >= 0.6 is 0 Å². The summed E-state index contributed by atoms with van der Waals surface area (Å²) in [5.41, 5.74) is 1.63. The van der Waals surface area contributed by atoms with Crippen molar-refractivity contribution in [2.75, 3.05) is 13.1 Å². The van der Waals surface area contributed by atoms with E-state index in [4.69, 9.17) is 0 Å². The van der Waals surface area contributed by atoms with Crippen LogP contribution in [-0.2, 0) is 13.6 Å². The Labute approximate surface area is 117 Å². The van der Waals surface area contributed by atoms with Crippen LogP contribution in [0.15, 0.2) is 12.3 Å². The van der Waals surface area contributed by atoms with Gasteiger partial charge in [-0.15, -0.1) is 0 Å². The zero-order chi connectivity index (χ0) is 14.3. The Balaban J connectivity index is 2.11. The van der Waals surface area contributed by atoms with Crippen LogP contribution in [0.5, 0.6) is 0 Å². The van der Waals surface area contributed by atoms with Gasteiger partial charge in [-0.2, -0.15) is 5.10 Å². The lowest BCUT2D eigenvalue weighted by molar-refractivity contribution is 0.0285. The molecule has 1 N–H and O–H groups in total. The van der Waals surface area contributed by atoms with Crippen LogP contribution in [0.3, 0.4) is 0 Å². The smallest absolute Gasteiger partial charge is 0.0764 e. The molecule has 108 valence electrons. The third-order valence-corrected chi connectivity index (χ3v) is 4.21. The normalized spacial score (nSPS) is 24.6. The quantitative estimate of drug-likeness (QED) is 0.887. The van der Waals surface area contributed by atoms with Gasteiger partial charge >= 0.3 is 0 Å². The van der Waals surface area contributed by atoms with Crippen molar-refractivity contribution in [2.24, 2.45) is 12.5 Å². The fourth-order valence-electron chi connectivity index (χ4n) is 2.62. The molecule has 0 saturated carbocycles. The van der Waals surface area contributed by atoms with E-state index in [1.807, 2.05) is 17.9 Å². The van der Waals surface area contributed by atoms with E-state index in [9.17, 15) is 0 Å². The van der Waals surface area contributed by atoms with Crippen molar-refractivity contribution in [2.45, 2.75) is 52.7 Å². The second kappa shape index (κ2) is 4.91. The van der Waals surface area contributed by atoms with Crippen LogP contribution in [0.1, 0.15) is 40.3 Å². The van der Waals surface area contributed by atoms with E-state index in [0.29, 0.717) is 11.5 Å². The van der Waals surface area contributed by atoms with Crippen molar-refractivity contribution < 1.29 is 0 Å². The highest BCUT2D eigenvalue weighted by atomic mass is 15.3. The van der Waals surface area contributed by atoms with Crippen molar-refractivity contribution in [1.82, 2.24) is 20.0 Å². The van der Waals surface area contributed by atoms with E-state index < -0.39 is 0 Å². The first-order valence-corrected chi connectivity index (χ1v) is 7.15. The SMILES string of the molecule is Cn1ccc(CN2CC(C(C)(C)C)NCC2(C)C)n1. The molecule has 1 aromatic rings. The predicted molar refractivity (Wildman–Crippen MR) is 78.9 cm³/mol. The molecule has 1 unspecified atom stereocenters. The summed E-state index contributed by atoms with van der Waals surface area (Å²) < 4.78 is 1.88. The minimum Gasteiger partial charge on any atom is -0.310 e. The molecule has 4 heteroatoms. The van der Waals surface area contributed by atoms with Crippen molar-refractivity contribution in [3.05, 3.63) is 18.0 Å². The molecular formula is C15H28N4. The van der Waals surface area contributed by atoms with Gasteiger partial charge in [0.1, 0.15) is 0 Å². The molecule has 1 fully saturated rings. The first kappa shape index (κ1) is 14.5. The second-order valence-corrected chi connectivity index (χ2v) is 7.47. The Hall–Kier alpha value is -0.870. The first-order valence-electron chi connectivity index (χ1n) is 7.15. The van der Waals surface area contributed by atoms with E-state index in [0.717, 1.165) is 25.3 Å². The Kier molecular flexibility index (Phi) is 3.76. The average Bonchev–Trinajstić information content (AvgIpc) is 2.65. The molecular weight excluding hydrogens is 236 g/mol. The van der Waals surface area contributed by atoms with Gasteiger partial charge < -0.3 is 5.32 Å². The maximum Gasteiger partial charge on any atom is 0.0764 e. The Morgan fingerprint density at radius 2 is 2.11 bits per heavy atom. The summed E-state index contributed by atoms with van der Waals surface area (Å²) in [5.74, 6) is 0. The van der Waals surface area contributed by atoms with Crippen molar-refractivity contribution in [3.8, 4) is 0 Å². The van der Waals surface area contributed by atoms with Gasteiger partial charge in [-0.3, -0.25) is 9.58 Å². The summed E-state index contributed by atoms with van der Waals surface area (Å²) >= 11 is 0. The molecule has 0 bridgehead atoms. The van der Waals surface area contributed by atoms with Crippen LogP contribution in [0.4, 0.5) is 0 Å². The summed E-state index contributed by atoms with van der Waals surface area (Å²) in [6.07, 6.45) is 2.02. The number of hydrogen-bond acceptors (Lipinski definition) is 3. The van der Waals surface area contributed by atoms with Crippen LogP contribution in [0, 0.1) is 5.41 Å². The number of hydrogen-bond donors (Lipinski definition) is 1. The zero-order valence-corrected chi connectivity index (χ0v) is 13.2. The number of nitrogens with one attached hydrogen (secondary N) is 1. The van der Waals surface area contributed by atoms with E-state index in [2.05, 4.69) is 56.0 Å². The Morgan fingerprint density at radius 1 is 1.42 bits per heavy atom. The molecule has 19 heavy (non-hydrogen) atoms. The molecule has 4 nitrogen and oxygen atoms in total. The number of aryl methyl sites for hydroxylation is 1. The van der Waals surface area contributed by atoms with E-state index in [1.165, 1.54) is 0 Å². The van der Waals surface area contributed by atoms with Crippen LogP contribution < -0.4 is 5.32 Å². The first-order chi connectivity index (χ1) is 8.68. The number of piperazine rings is 1. The fourth-order valence-corrected chi connectivity index (χ4v) is 2.62. The number of aromatic nitrogens is 2. The Morgan fingerprint density at radius 3 is 2.63 bits per heavy atom. The van der Waals surface area contributed by atoms with E-state index in [-0.39, 0.29) is 5.54 Å². The summed E-state index contributed by atoms with van der Waals surface area (Å²) in [5, 5.41) is 8.22. The number of nitrogens with zero attached hydrogens (tertiary/aromatic N) is 3. The van der Waals surface area contributed by atoms with E-state index >= 15 is 0 Å². The highest BCUT2D eigenvalue weighted by Gasteiger charge is 2.38. The minimum atomic E-state index is 0.180. The molecule has 2 heterocycles. The highest BCUT2D eigenvalue weighted by Crippen LogP contribution is 2.28. The summed E-state index contributed by atoms with van der Waals surface area (Å²) in [4.78, 5) is 2.56. The third kappa shape index (κ3) is 3.37. The number of rotatable bonds is 2. The van der Waals surface area contributed by atoms with Crippen LogP contribution in [-0.4, -0.2) is 39.4 Å². The topological polar surface area (TPSA) is 33.1 Å². The molecule has 0 aromatic carbocycles. The molecule has 1 aliphatic heterocycles. The van der Waals surface area contributed by atoms with Crippen LogP contribution in [0.2, 0.25) is 0 Å². The molecule has 1 aliphatic rings. The largest absolute Gasteiger partial charge is 0.310 e. The molecule has 0 amide bonds. The highest BCUT2D eigenvalue weighted by molar-refractivity contribution is 5.03. The second-order valence-electron chi connectivity index (χ2n) is 7.47. The standard InChI is InChI=1S/C15H28N4/c1-14(2,3)13-10-19(15(4,5)11-16-13)9-12-7-8-18(6)17-12/h7-8,13,16H,9-11H2,1-6H3. The molecule has 2 rings (SSSR count). The molecule has 1 saturated heterocycles. The maximum atomic E-state index is 4.51. The van der Waals surface area contributed by atoms with Gasteiger partial charge in [0.15, 0.2) is 0 Å². The maximum absolute atomic E-state index is 4.51. The lowest BCUT2D eigenvalue weighted by atomic mass is 9.83. The fraction of sp³-hybridized carbons (Fsp3) is 0.800. The zero-order valence-electron chi connectivity index (χ0n) is 13.2. The van der Waals surface area contributed by atoms with Crippen molar-refractivity contribution in [1.29, 1.82) is 0 Å². The van der Waals surface area contributed by atoms with Crippen molar-refractivity contribution >= 4 is 0 Å². The summed E-state index contributed by atoms with van der Waals surface area (Å²) in [6, 6.07) is 2.65. The average molecular weight is 264 g/mol. The van der Waals surface area contributed by atoms with Crippen molar-refractivity contribution in [3.63, 3.8) is 0 Å². The van der Waals surface area contributed by atoms with Gasteiger partial charge in [-0.05, 0) is 25.3 Å². The van der Waals surface area contributed by atoms with Gasteiger partial charge in [0.2, 0.25) is 0 Å². The molecule has 0 radical (unpaired) electrons. The van der Waals surface area contributed by atoms with E-state index in [1.54, 1.807) is 0 Å².